The maximum Gasteiger partial charge on any atom is 0.0598 e. The summed E-state index contributed by atoms with van der Waals surface area (Å²) < 4.78 is 5.76. The van der Waals surface area contributed by atoms with Crippen LogP contribution in [0, 0.1) is 5.41 Å². The summed E-state index contributed by atoms with van der Waals surface area (Å²) in [7, 11) is 0. The highest BCUT2D eigenvalue weighted by Gasteiger charge is 2.27. The highest BCUT2D eigenvalue weighted by atomic mass is 16.5. The van der Waals surface area contributed by atoms with Gasteiger partial charge in [-0.3, -0.25) is 0 Å². The van der Waals surface area contributed by atoms with E-state index in [4.69, 9.17) is 4.74 Å². The number of ether oxygens (including phenoxy) is 1. The molecule has 1 unspecified atom stereocenters. The highest BCUT2D eigenvalue weighted by Crippen LogP contribution is 2.32. The van der Waals surface area contributed by atoms with Crippen LogP contribution < -0.4 is 0 Å². The lowest BCUT2D eigenvalue weighted by Crippen LogP contribution is -2.29. The van der Waals surface area contributed by atoms with Gasteiger partial charge in [-0.15, -0.1) is 0 Å². The molecule has 2 nitrogen and oxygen atoms in total. The maximum atomic E-state index is 9.58. The summed E-state index contributed by atoms with van der Waals surface area (Å²) in [6, 6.07) is 0. The SMILES string of the molecule is CCCCC(CC)(CO)CCOC(C)(C)C. The molecular weight excluding hydrogens is 200 g/mol. The molecule has 0 amide bonds. The molecule has 0 saturated heterocycles. The summed E-state index contributed by atoms with van der Waals surface area (Å²) in [6.45, 7) is 11.6. The van der Waals surface area contributed by atoms with Crippen molar-refractivity contribution in [2.24, 2.45) is 5.41 Å². The van der Waals surface area contributed by atoms with E-state index in [1.54, 1.807) is 0 Å². The van der Waals surface area contributed by atoms with Crippen molar-refractivity contribution in [2.75, 3.05) is 13.2 Å². The van der Waals surface area contributed by atoms with Crippen molar-refractivity contribution in [3.05, 3.63) is 0 Å². The van der Waals surface area contributed by atoms with Crippen LogP contribution in [-0.4, -0.2) is 23.9 Å². The Labute approximate surface area is 101 Å². The van der Waals surface area contributed by atoms with Crippen LogP contribution in [-0.2, 0) is 4.74 Å². The van der Waals surface area contributed by atoms with Gasteiger partial charge < -0.3 is 9.84 Å². The fourth-order valence-corrected chi connectivity index (χ4v) is 1.87. The normalized spacial score (nSPS) is 16.1. The largest absolute Gasteiger partial charge is 0.396 e. The van der Waals surface area contributed by atoms with Gasteiger partial charge in [-0.25, -0.2) is 0 Å². The third-order valence-corrected chi connectivity index (χ3v) is 3.31. The summed E-state index contributed by atoms with van der Waals surface area (Å²) >= 11 is 0. The molecule has 0 aliphatic carbocycles. The first kappa shape index (κ1) is 15.9. The molecule has 0 aliphatic rings. The van der Waals surface area contributed by atoms with Gasteiger partial charge >= 0.3 is 0 Å². The predicted octanol–water partition coefficient (Wildman–Crippen LogP) is 3.77. The van der Waals surface area contributed by atoms with Crippen LogP contribution in [0.2, 0.25) is 0 Å². The van der Waals surface area contributed by atoms with Crippen molar-refractivity contribution in [1.29, 1.82) is 0 Å². The minimum Gasteiger partial charge on any atom is -0.396 e. The van der Waals surface area contributed by atoms with Crippen LogP contribution >= 0.6 is 0 Å². The number of aliphatic hydroxyl groups excluding tert-OH is 1. The average molecular weight is 230 g/mol. The molecular formula is C14H30O2. The van der Waals surface area contributed by atoms with E-state index in [0.29, 0.717) is 0 Å². The molecule has 0 radical (unpaired) electrons. The molecule has 0 bridgehead atoms. The topological polar surface area (TPSA) is 29.5 Å². The Bertz CT molecular complexity index is 166. The maximum absolute atomic E-state index is 9.58. The molecule has 98 valence electrons. The van der Waals surface area contributed by atoms with Crippen LogP contribution in [0.1, 0.15) is 66.7 Å². The average Bonchev–Trinajstić information content (AvgIpc) is 2.22. The van der Waals surface area contributed by atoms with E-state index in [1.165, 1.54) is 12.8 Å². The third-order valence-electron chi connectivity index (χ3n) is 3.31. The Balaban J connectivity index is 4.11. The minimum atomic E-state index is -0.0697. The number of aliphatic hydroxyl groups is 1. The van der Waals surface area contributed by atoms with Crippen LogP contribution in [0.15, 0.2) is 0 Å². The molecule has 0 aromatic rings. The van der Waals surface area contributed by atoms with Gasteiger partial charge in [0.15, 0.2) is 0 Å². The first-order valence-corrected chi connectivity index (χ1v) is 6.64. The van der Waals surface area contributed by atoms with E-state index >= 15 is 0 Å². The van der Waals surface area contributed by atoms with E-state index in [-0.39, 0.29) is 17.6 Å². The Hall–Kier alpha value is -0.0800. The molecule has 0 saturated carbocycles. The van der Waals surface area contributed by atoms with Gasteiger partial charge in [0.1, 0.15) is 0 Å². The Morgan fingerprint density at radius 1 is 1.06 bits per heavy atom. The summed E-state index contributed by atoms with van der Waals surface area (Å²) in [5.74, 6) is 0. The second-order valence-electron chi connectivity index (χ2n) is 5.83. The first-order valence-electron chi connectivity index (χ1n) is 6.64. The second kappa shape index (κ2) is 7.29. The monoisotopic (exact) mass is 230 g/mol. The molecule has 16 heavy (non-hydrogen) atoms. The minimum absolute atomic E-state index is 0.0697. The molecule has 0 aromatic heterocycles. The van der Waals surface area contributed by atoms with Gasteiger partial charge in [0.25, 0.3) is 0 Å². The fourth-order valence-electron chi connectivity index (χ4n) is 1.87. The van der Waals surface area contributed by atoms with Crippen molar-refractivity contribution < 1.29 is 9.84 Å². The zero-order valence-corrected chi connectivity index (χ0v) is 11.8. The van der Waals surface area contributed by atoms with Crippen molar-refractivity contribution in [3.8, 4) is 0 Å². The smallest absolute Gasteiger partial charge is 0.0598 e. The second-order valence-corrected chi connectivity index (χ2v) is 5.83. The quantitative estimate of drug-likeness (QED) is 0.688. The summed E-state index contributed by atoms with van der Waals surface area (Å²) in [4.78, 5) is 0. The Morgan fingerprint density at radius 3 is 2.06 bits per heavy atom. The lowest BCUT2D eigenvalue weighted by Gasteiger charge is -2.32. The van der Waals surface area contributed by atoms with Gasteiger partial charge in [0.2, 0.25) is 0 Å². The van der Waals surface area contributed by atoms with Crippen LogP contribution in [0.5, 0.6) is 0 Å². The zero-order valence-electron chi connectivity index (χ0n) is 11.8. The van der Waals surface area contributed by atoms with E-state index < -0.39 is 0 Å². The van der Waals surface area contributed by atoms with E-state index in [9.17, 15) is 5.11 Å². The van der Waals surface area contributed by atoms with E-state index in [0.717, 1.165) is 25.9 Å². The van der Waals surface area contributed by atoms with Crippen molar-refractivity contribution >= 4 is 0 Å². The Kier molecular flexibility index (Phi) is 7.25. The molecule has 0 aromatic carbocycles. The van der Waals surface area contributed by atoms with Gasteiger partial charge in [-0.05, 0) is 45.4 Å². The molecule has 0 spiro atoms. The first-order chi connectivity index (χ1) is 7.39. The molecule has 2 heteroatoms. The molecule has 0 heterocycles. The molecule has 0 rings (SSSR count). The van der Waals surface area contributed by atoms with Gasteiger partial charge in [-0.2, -0.15) is 0 Å². The van der Waals surface area contributed by atoms with Crippen molar-refractivity contribution in [1.82, 2.24) is 0 Å². The summed E-state index contributed by atoms with van der Waals surface area (Å²) in [5, 5.41) is 9.58. The lowest BCUT2D eigenvalue weighted by atomic mass is 9.78. The number of rotatable bonds is 8. The van der Waals surface area contributed by atoms with E-state index in [2.05, 4.69) is 34.6 Å². The predicted molar refractivity (Wildman–Crippen MR) is 69.7 cm³/mol. The molecule has 0 aliphatic heterocycles. The standard InChI is InChI=1S/C14H30O2/c1-6-8-9-14(7-2,12-15)10-11-16-13(3,4)5/h15H,6-12H2,1-5H3. The van der Waals surface area contributed by atoms with Crippen LogP contribution in [0.3, 0.4) is 0 Å². The van der Waals surface area contributed by atoms with Gasteiger partial charge in [0.05, 0.1) is 5.60 Å². The fraction of sp³-hybridized carbons (Fsp3) is 1.00. The van der Waals surface area contributed by atoms with E-state index in [1.807, 2.05) is 0 Å². The number of unbranched alkanes of at least 4 members (excludes halogenated alkanes) is 1. The molecule has 1 N–H and O–H groups in total. The van der Waals surface area contributed by atoms with Crippen molar-refractivity contribution in [2.45, 2.75) is 72.3 Å². The van der Waals surface area contributed by atoms with Gasteiger partial charge in [-0.1, -0.05) is 26.7 Å². The summed E-state index contributed by atoms with van der Waals surface area (Å²) in [5.41, 5.74) is 0.0148. The van der Waals surface area contributed by atoms with Crippen molar-refractivity contribution in [3.63, 3.8) is 0 Å². The molecule has 1 atom stereocenters. The van der Waals surface area contributed by atoms with Crippen LogP contribution in [0.4, 0.5) is 0 Å². The van der Waals surface area contributed by atoms with Crippen LogP contribution in [0.25, 0.3) is 0 Å². The third kappa shape index (κ3) is 6.49. The summed E-state index contributed by atoms with van der Waals surface area (Å²) in [6.07, 6.45) is 5.52. The van der Waals surface area contributed by atoms with Gasteiger partial charge in [0, 0.05) is 13.2 Å². The molecule has 0 fully saturated rings. The Morgan fingerprint density at radius 2 is 1.69 bits per heavy atom. The lowest BCUT2D eigenvalue weighted by molar-refractivity contribution is -0.0297. The number of hydrogen-bond donors (Lipinski definition) is 1. The zero-order chi connectivity index (χ0) is 12.7. The number of hydrogen-bond acceptors (Lipinski definition) is 2. The highest BCUT2D eigenvalue weighted by molar-refractivity contribution is 4.77.